The Morgan fingerprint density at radius 1 is 0.850 bits per heavy atom. The number of benzene rings is 2. The van der Waals surface area contributed by atoms with Crippen molar-refractivity contribution in [2.45, 2.75) is 57.7 Å². The lowest BCUT2D eigenvalue weighted by Crippen LogP contribution is -2.69. The molecule has 5 amide bonds. The summed E-state index contributed by atoms with van der Waals surface area (Å²) in [5.41, 5.74) is 3.55. The lowest BCUT2D eigenvalue weighted by atomic mass is 9.77. The van der Waals surface area contributed by atoms with E-state index in [1.165, 1.54) is 0 Å². The van der Waals surface area contributed by atoms with Crippen LogP contribution in [-0.2, 0) is 9.59 Å². The third-order valence-corrected chi connectivity index (χ3v) is 11.6. The summed E-state index contributed by atoms with van der Waals surface area (Å²) in [4.78, 5) is 68.0. The Morgan fingerprint density at radius 3 is 1.73 bits per heavy atom. The van der Waals surface area contributed by atoms with Gasteiger partial charge in [0, 0.05) is 29.0 Å². The second kappa shape index (κ2) is 10.8. The number of primary amides is 1. The quantitative estimate of drug-likeness (QED) is 0.181. The molecule has 0 aliphatic carbocycles. The standard InChI is InChI=1S/C26H24Br4N4O6/c1-25(2)10-12(11-26(3,4)34(25)24(39)40-13-8-6-5-7-9-13)32(23(38)20(31)35)33-21(36)14-15(22(33)37)17(28)19(30)18(29)16(14)27/h5-9,12H,10-11H2,1-4H3,(H2,31,35). The number of nitrogens with zero attached hydrogens (tertiary/aromatic N) is 3. The number of amides is 5. The monoisotopic (exact) mass is 804 g/mol. The molecule has 14 heteroatoms. The molecular formula is C26H24Br4N4O6. The molecule has 4 rings (SSSR count). The highest BCUT2D eigenvalue weighted by molar-refractivity contribution is 9.15. The van der Waals surface area contributed by atoms with Gasteiger partial charge in [0.15, 0.2) is 0 Å². The number of piperidine rings is 1. The fourth-order valence-electron chi connectivity index (χ4n) is 5.60. The molecule has 2 aliphatic heterocycles. The van der Waals surface area contributed by atoms with Gasteiger partial charge in [-0.25, -0.2) is 9.80 Å². The normalized spacial score (nSPS) is 18.0. The van der Waals surface area contributed by atoms with Gasteiger partial charge in [0.1, 0.15) is 5.75 Å². The van der Waals surface area contributed by atoms with Crippen LogP contribution in [0.2, 0.25) is 0 Å². The van der Waals surface area contributed by atoms with Crippen molar-refractivity contribution in [3.8, 4) is 5.75 Å². The number of imide groups is 1. The third kappa shape index (κ3) is 5.12. The molecule has 0 spiro atoms. The molecule has 0 aromatic heterocycles. The molecule has 2 N–H and O–H groups in total. The topological polar surface area (TPSA) is 130 Å². The van der Waals surface area contributed by atoms with Gasteiger partial charge in [0.2, 0.25) is 0 Å². The summed E-state index contributed by atoms with van der Waals surface area (Å²) in [6.45, 7) is 7.13. The van der Waals surface area contributed by atoms with Crippen LogP contribution in [0.4, 0.5) is 4.79 Å². The first-order valence-corrected chi connectivity index (χ1v) is 15.1. The minimum absolute atomic E-state index is 0.0108. The van der Waals surface area contributed by atoms with Gasteiger partial charge in [-0.05, 0) is 116 Å². The summed E-state index contributed by atoms with van der Waals surface area (Å²) >= 11 is 13.5. The lowest BCUT2D eigenvalue weighted by molar-refractivity contribution is -0.160. The van der Waals surface area contributed by atoms with E-state index < -0.39 is 46.8 Å². The van der Waals surface area contributed by atoms with E-state index in [9.17, 15) is 24.0 Å². The molecule has 2 aromatic carbocycles. The number of fused-ring (bicyclic) bond motifs is 1. The second-order valence-electron chi connectivity index (χ2n) is 10.6. The molecule has 0 atom stereocenters. The minimum atomic E-state index is -1.33. The molecule has 2 heterocycles. The number of ether oxygens (including phenoxy) is 1. The lowest BCUT2D eigenvalue weighted by Gasteiger charge is -2.56. The molecule has 1 saturated heterocycles. The van der Waals surface area contributed by atoms with Crippen molar-refractivity contribution in [3.05, 3.63) is 59.3 Å². The molecule has 2 aromatic rings. The van der Waals surface area contributed by atoms with E-state index in [2.05, 4.69) is 63.7 Å². The van der Waals surface area contributed by atoms with Gasteiger partial charge < -0.3 is 10.5 Å². The average molecular weight is 808 g/mol. The van der Waals surface area contributed by atoms with Crippen LogP contribution in [0.15, 0.2) is 48.2 Å². The molecule has 0 saturated carbocycles. The summed E-state index contributed by atoms with van der Waals surface area (Å²) in [6.07, 6.45) is -0.402. The van der Waals surface area contributed by atoms with Gasteiger partial charge in [-0.1, -0.05) is 18.2 Å². The Labute approximate surface area is 264 Å². The van der Waals surface area contributed by atoms with E-state index >= 15 is 0 Å². The maximum Gasteiger partial charge on any atom is 0.416 e. The van der Waals surface area contributed by atoms with Gasteiger partial charge in [0.05, 0.1) is 17.2 Å². The van der Waals surface area contributed by atoms with Gasteiger partial charge >= 0.3 is 17.9 Å². The Kier molecular flexibility index (Phi) is 8.31. The van der Waals surface area contributed by atoms with Gasteiger partial charge in [0.25, 0.3) is 11.8 Å². The first-order chi connectivity index (χ1) is 18.5. The van der Waals surface area contributed by atoms with Gasteiger partial charge in [-0.15, -0.1) is 0 Å². The van der Waals surface area contributed by atoms with Crippen molar-refractivity contribution < 1.29 is 28.7 Å². The van der Waals surface area contributed by atoms with Crippen LogP contribution in [0.1, 0.15) is 61.3 Å². The highest BCUT2D eigenvalue weighted by Gasteiger charge is 2.55. The first kappa shape index (κ1) is 30.7. The van der Waals surface area contributed by atoms with Crippen LogP contribution in [-0.4, -0.2) is 61.8 Å². The Morgan fingerprint density at radius 2 is 1.30 bits per heavy atom. The maximum absolute atomic E-state index is 13.7. The largest absolute Gasteiger partial charge is 0.416 e. The van der Waals surface area contributed by atoms with Crippen molar-refractivity contribution >= 4 is 93.4 Å². The molecule has 10 nitrogen and oxygen atoms in total. The van der Waals surface area contributed by atoms with E-state index in [1.54, 1.807) is 62.9 Å². The fourth-order valence-corrected chi connectivity index (χ4v) is 8.05. The van der Waals surface area contributed by atoms with Crippen molar-refractivity contribution in [3.63, 3.8) is 0 Å². The number of hydrogen-bond donors (Lipinski definition) is 1. The van der Waals surface area contributed by atoms with Crippen LogP contribution in [0.25, 0.3) is 0 Å². The van der Waals surface area contributed by atoms with Crippen LogP contribution < -0.4 is 10.5 Å². The fraction of sp³-hybridized carbons (Fsp3) is 0.346. The van der Waals surface area contributed by atoms with E-state index in [0.717, 1.165) is 5.01 Å². The number of nitrogens with two attached hydrogens (primary N) is 1. The first-order valence-electron chi connectivity index (χ1n) is 12.0. The van der Waals surface area contributed by atoms with Crippen molar-refractivity contribution in [1.29, 1.82) is 0 Å². The number of carbonyl (C=O) groups is 5. The number of likely N-dealkylation sites (tertiary alicyclic amines) is 1. The number of rotatable bonds is 3. The summed E-state index contributed by atoms with van der Waals surface area (Å²) < 4.78 is 7.16. The summed E-state index contributed by atoms with van der Waals surface area (Å²) in [5, 5.41) is 1.51. The predicted molar refractivity (Wildman–Crippen MR) is 159 cm³/mol. The summed E-state index contributed by atoms with van der Waals surface area (Å²) in [5.74, 6) is -3.81. The Hall–Kier alpha value is -2.29. The van der Waals surface area contributed by atoms with Crippen LogP contribution in [0, 0.1) is 0 Å². The van der Waals surface area contributed by atoms with Crippen LogP contribution in [0.3, 0.4) is 0 Å². The SMILES string of the molecule is CC1(C)CC(N(C(=O)C(N)=O)N2C(=O)c3c(Br)c(Br)c(Br)c(Br)c3C2=O)CC(C)(C)N1C(=O)Oc1ccccc1. The maximum atomic E-state index is 13.7. The van der Waals surface area contributed by atoms with Crippen LogP contribution >= 0.6 is 63.7 Å². The zero-order valence-corrected chi connectivity index (χ0v) is 28.1. The van der Waals surface area contributed by atoms with Crippen LogP contribution in [0.5, 0.6) is 5.75 Å². The Bertz CT molecular complexity index is 1400. The molecule has 0 unspecified atom stereocenters. The number of para-hydroxylation sites is 1. The zero-order valence-electron chi connectivity index (χ0n) is 21.8. The smallest absolute Gasteiger partial charge is 0.410 e. The number of halogens is 4. The molecule has 40 heavy (non-hydrogen) atoms. The minimum Gasteiger partial charge on any atom is -0.410 e. The number of hydrogen-bond acceptors (Lipinski definition) is 6. The number of carbonyl (C=O) groups excluding carboxylic acids is 5. The second-order valence-corrected chi connectivity index (χ2v) is 13.8. The Balaban J connectivity index is 1.75. The highest BCUT2D eigenvalue weighted by atomic mass is 79.9. The van der Waals surface area contributed by atoms with Gasteiger partial charge in [-0.2, -0.15) is 5.01 Å². The van der Waals surface area contributed by atoms with Gasteiger partial charge in [-0.3, -0.25) is 24.1 Å². The van der Waals surface area contributed by atoms with E-state index in [0.29, 0.717) is 28.6 Å². The predicted octanol–water partition coefficient (Wildman–Crippen LogP) is 5.78. The van der Waals surface area contributed by atoms with E-state index in [4.69, 9.17) is 10.5 Å². The van der Waals surface area contributed by atoms with Crippen molar-refractivity contribution in [1.82, 2.24) is 14.9 Å². The average Bonchev–Trinajstić information content (AvgIpc) is 3.10. The molecule has 0 radical (unpaired) electrons. The highest BCUT2D eigenvalue weighted by Crippen LogP contribution is 2.47. The summed E-state index contributed by atoms with van der Waals surface area (Å²) in [6, 6.07) is 7.75. The van der Waals surface area contributed by atoms with E-state index in [-0.39, 0.29) is 24.0 Å². The molecule has 2 aliphatic rings. The number of hydrazine groups is 1. The molecule has 1 fully saturated rings. The van der Waals surface area contributed by atoms with Crippen molar-refractivity contribution in [2.24, 2.45) is 5.73 Å². The molecule has 0 bridgehead atoms. The summed E-state index contributed by atoms with van der Waals surface area (Å²) in [7, 11) is 0. The van der Waals surface area contributed by atoms with Crippen molar-refractivity contribution in [2.75, 3.05) is 0 Å². The zero-order chi connectivity index (χ0) is 29.9. The molecule has 212 valence electrons. The third-order valence-electron chi connectivity index (χ3n) is 6.87. The molecular weight excluding hydrogens is 784 g/mol. The van der Waals surface area contributed by atoms with E-state index in [1.807, 2.05) is 0 Å².